The van der Waals surface area contributed by atoms with Crippen LogP contribution < -0.4 is 10.6 Å². The van der Waals surface area contributed by atoms with Crippen LogP contribution in [-0.4, -0.2) is 11.0 Å². The monoisotopic (exact) mass is 273 g/mol. The van der Waals surface area contributed by atoms with Gasteiger partial charge in [-0.15, -0.1) is 0 Å². The fourth-order valence-corrected chi connectivity index (χ4v) is 2.85. The zero-order chi connectivity index (χ0) is 13.4. The lowest BCUT2D eigenvalue weighted by Crippen LogP contribution is -2.25. The molecule has 0 saturated heterocycles. The Bertz CT molecular complexity index is 612. The Balaban J connectivity index is 2.07. The highest BCUT2D eigenvalue weighted by molar-refractivity contribution is 6.31. The number of para-hydroxylation sites is 1. The van der Waals surface area contributed by atoms with Crippen molar-refractivity contribution in [3.05, 3.63) is 52.7 Å². The lowest BCUT2D eigenvalue weighted by atomic mass is 10.1. The van der Waals surface area contributed by atoms with Gasteiger partial charge in [0.05, 0.1) is 5.02 Å². The van der Waals surface area contributed by atoms with Crippen LogP contribution in [0.15, 0.2) is 36.5 Å². The van der Waals surface area contributed by atoms with E-state index in [2.05, 4.69) is 41.1 Å². The summed E-state index contributed by atoms with van der Waals surface area (Å²) in [6.45, 7) is 2.64. The van der Waals surface area contributed by atoms with E-state index in [0.717, 1.165) is 17.8 Å². The normalized spacial score (nSPS) is 17.6. The van der Waals surface area contributed by atoms with Gasteiger partial charge in [-0.25, -0.2) is 4.98 Å². The lowest BCUT2D eigenvalue weighted by molar-refractivity contribution is 0.749. The number of pyridine rings is 1. The molecule has 1 unspecified atom stereocenters. The minimum atomic E-state index is 0.400. The lowest BCUT2D eigenvalue weighted by Gasteiger charge is -2.24. The number of aromatic nitrogens is 1. The topological polar surface area (TPSA) is 42.1 Å². The smallest absolute Gasteiger partial charge is 0.133 e. The molecule has 0 aliphatic carbocycles. The highest BCUT2D eigenvalue weighted by Crippen LogP contribution is 2.37. The van der Waals surface area contributed by atoms with Crippen LogP contribution in [0.4, 0.5) is 11.5 Å². The average molecular weight is 274 g/mol. The van der Waals surface area contributed by atoms with Gasteiger partial charge < -0.3 is 10.6 Å². The van der Waals surface area contributed by atoms with Crippen molar-refractivity contribution in [2.75, 3.05) is 4.90 Å². The van der Waals surface area contributed by atoms with Crippen LogP contribution in [0.2, 0.25) is 5.02 Å². The van der Waals surface area contributed by atoms with E-state index in [1.54, 1.807) is 6.20 Å². The first-order valence-electron chi connectivity index (χ1n) is 6.42. The molecule has 1 aromatic carbocycles. The summed E-state index contributed by atoms with van der Waals surface area (Å²) in [7, 11) is 0. The first-order chi connectivity index (χ1) is 9.20. The van der Waals surface area contributed by atoms with Crippen LogP contribution in [0.25, 0.3) is 0 Å². The largest absolute Gasteiger partial charge is 0.326 e. The van der Waals surface area contributed by atoms with E-state index in [9.17, 15) is 0 Å². The molecule has 19 heavy (non-hydrogen) atoms. The molecule has 0 radical (unpaired) electrons. The van der Waals surface area contributed by atoms with Crippen LogP contribution >= 0.6 is 11.6 Å². The number of benzene rings is 1. The van der Waals surface area contributed by atoms with Gasteiger partial charge in [-0.3, -0.25) is 0 Å². The number of nitrogens with zero attached hydrogens (tertiary/aromatic N) is 2. The van der Waals surface area contributed by atoms with Gasteiger partial charge in [0, 0.05) is 24.5 Å². The molecule has 0 bridgehead atoms. The Morgan fingerprint density at radius 3 is 3.00 bits per heavy atom. The molecule has 0 spiro atoms. The predicted octanol–water partition coefficient (Wildman–Crippen LogP) is 3.28. The highest BCUT2D eigenvalue weighted by atomic mass is 35.5. The van der Waals surface area contributed by atoms with Crippen molar-refractivity contribution < 1.29 is 0 Å². The third-order valence-corrected chi connectivity index (χ3v) is 3.93. The molecule has 1 atom stereocenters. The van der Waals surface area contributed by atoms with Gasteiger partial charge in [0.15, 0.2) is 0 Å². The summed E-state index contributed by atoms with van der Waals surface area (Å²) in [6, 6.07) is 10.8. The molecule has 2 aromatic rings. The third-order valence-electron chi connectivity index (χ3n) is 3.59. The van der Waals surface area contributed by atoms with Gasteiger partial charge in [0.2, 0.25) is 0 Å². The summed E-state index contributed by atoms with van der Waals surface area (Å²) in [5.74, 6) is 0.919. The summed E-state index contributed by atoms with van der Waals surface area (Å²) in [6.07, 6.45) is 2.73. The summed E-state index contributed by atoms with van der Waals surface area (Å²) < 4.78 is 0. The van der Waals surface area contributed by atoms with Crippen molar-refractivity contribution in [3.63, 3.8) is 0 Å². The molecule has 1 aliphatic heterocycles. The summed E-state index contributed by atoms with van der Waals surface area (Å²) in [5, 5.41) is 0.631. The number of fused-ring (bicyclic) bond motifs is 1. The fourth-order valence-electron chi connectivity index (χ4n) is 2.67. The Hall–Kier alpha value is -1.58. The van der Waals surface area contributed by atoms with E-state index < -0.39 is 0 Å². The van der Waals surface area contributed by atoms with Crippen molar-refractivity contribution in [2.24, 2.45) is 5.73 Å². The summed E-state index contributed by atoms with van der Waals surface area (Å²) in [4.78, 5) is 6.71. The van der Waals surface area contributed by atoms with E-state index in [1.807, 2.05) is 6.07 Å². The second-order valence-electron chi connectivity index (χ2n) is 4.89. The first-order valence-corrected chi connectivity index (χ1v) is 6.80. The molecular formula is C15H16ClN3. The Morgan fingerprint density at radius 2 is 2.21 bits per heavy atom. The minimum Gasteiger partial charge on any atom is -0.326 e. The van der Waals surface area contributed by atoms with Crippen molar-refractivity contribution in [2.45, 2.75) is 25.9 Å². The van der Waals surface area contributed by atoms with E-state index in [-0.39, 0.29) is 0 Å². The zero-order valence-electron chi connectivity index (χ0n) is 10.8. The number of hydrogen-bond acceptors (Lipinski definition) is 3. The number of hydrogen-bond donors (Lipinski definition) is 1. The van der Waals surface area contributed by atoms with E-state index >= 15 is 0 Å². The second-order valence-corrected chi connectivity index (χ2v) is 5.30. The molecule has 3 rings (SSSR count). The van der Waals surface area contributed by atoms with E-state index in [1.165, 1.54) is 11.3 Å². The summed E-state index contributed by atoms with van der Waals surface area (Å²) in [5.41, 5.74) is 9.24. The quantitative estimate of drug-likeness (QED) is 0.913. The Kier molecular flexibility index (Phi) is 3.17. The fraction of sp³-hybridized carbons (Fsp3) is 0.267. The molecule has 0 saturated carbocycles. The average Bonchev–Trinajstić information content (AvgIpc) is 2.75. The second kappa shape index (κ2) is 4.83. The molecule has 98 valence electrons. The van der Waals surface area contributed by atoms with Gasteiger partial charge in [-0.1, -0.05) is 29.8 Å². The molecule has 2 heterocycles. The van der Waals surface area contributed by atoms with E-state index in [0.29, 0.717) is 17.6 Å². The molecule has 0 fully saturated rings. The van der Waals surface area contributed by atoms with Crippen LogP contribution in [0, 0.1) is 0 Å². The van der Waals surface area contributed by atoms with Gasteiger partial charge in [0.25, 0.3) is 0 Å². The van der Waals surface area contributed by atoms with Crippen molar-refractivity contribution in [1.82, 2.24) is 4.98 Å². The molecule has 0 amide bonds. The van der Waals surface area contributed by atoms with Crippen molar-refractivity contribution >= 4 is 23.1 Å². The molecule has 4 heteroatoms. The van der Waals surface area contributed by atoms with Crippen LogP contribution in [-0.2, 0) is 13.0 Å². The van der Waals surface area contributed by atoms with Crippen LogP contribution in [0.1, 0.15) is 18.1 Å². The number of anilines is 2. The van der Waals surface area contributed by atoms with Gasteiger partial charge in [-0.05, 0) is 36.6 Å². The van der Waals surface area contributed by atoms with Crippen molar-refractivity contribution in [3.8, 4) is 0 Å². The number of nitrogens with two attached hydrogens (primary N) is 1. The molecule has 1 aliphatic rings. The van der Waals surface area contributed by atoms with Gasteiger partial charge in [0.1, 0.15) is 5.82 Å². The van der Waals surface area contributed by atoms with Crippen molar-refractivity contribution in [1.29, 1.82) is 0 Å². The molecular weight excluding hydrogens is 258 g/mol. The Morgan fingerprint density at radius 1 is 1.42 bits per heavy atom. The number of halogens is 1. The standard InChI is InChI=1S/C15H16ClN3/c1-10-6-11-4-2-3-5-14(11)19(10)15-7-12(8-17)13(16)9-18-15/h2-5,7,9-10H,6,8,17H2,1H3. The molecule has 2 N–H and O–H groups in total. The maximum absolute atomic E-state index is 6.08. The highest BCUT2D eigenvalue weighted by Gasteiger charge is 2.27. The predicted molar refractivity (Wildman–Crippen MR) is 78.9 cm³/mol. The Labute approximate surface area is 118 Å². The zero-order valence-corrected chi connectivity index (χ0v) is 11.6. The maximum Gasteiger partial charge on any atom is 0.133 e. The number of rotatable bonds is 2. The molecule has 3 nitrogen and oxygen atoms in total. The third kappa shape index (κ3) is 2.09. The SMILES string of the molecule is CC1Cc2ccccc2N1c1cc(CN)c(Cl)cn1. The van der Waals surface area contributed by atoms with Gasteiger partial charge in [-0.2, -0.15) is 0 Å². The molecule has 1 aromatic heterocycles. The van der Waals surface area contributed by atoms with Gasteiger partial charge >= 0.3 is 0 Å². The minimum absolute atomic E-state index is 0.400. The van der Waals surface area contributed by atoms with Crippen LogP contribution in [0.5, 0.6) is 0 Å². The maximum atomic E-state index is 6.08. The van der Waals surface area contributed by atoms with E-state index in [4.69, 9.17) is 17.3 Å². The first kappa shape index (κ1) is 12.5. The van der Waals surface area contributed by atoms with Crippen LogP contribution in [0.3, 0.4) is 0 Å². The summed E-state index contributed by atoms with van der Waals surface area (Å²) >= 11 is 6.08.